The lowest BCUT2D eigenvalue weighted by molar-refractivity contribution is -0.120. The summed E-state index contributed by atoms with van der Waals surface area (Å²) in [7, 11) is 1.85. The highest BCUT2D eigenvalue weighted by Crippen LogP contribution is 2.30. The summed E-state index contributed by atoms with van der Waals surface area (Å²) >= 11 is 0. The van der Waals surface area contributed by atoms with Gasteiger partial charge in [-0.05, 0) is 50.0 Å². The van der Waals surface area contributed by atoms with E-state index in [4.69, 9.17) is 4.98 Å². The van der Waals surface area contributed by atoms with Gasteiger partial charge in [0.05, 0.1) is 12.6 Å². The van der Waals surface area contributed by atoms with E-state index < -0.39 is 0 Å². The van der Waals surface area contributed by atoms with E-state index in [-0.39, 0.29) is 24.3 Å². The number of rotatable bonds is 5. The number of anilines is 1. The van der Waals surface area contributed by atoms with Crippen molar-refractivity contribution in [2.75, 3.05) is 18.5 Å². The molecule has 2 heterocycles. The van der Waals surface area contributed by atoms with Crippen LogP contribution in [-0.4, -0.2) is 40.5 Å². The quantitative estimate of drug-likeness (QED) is 0.865. The van der Waals surface area contributed by atoms with E-state index in [0.717, 1.165) is 36.3 Å². The van der Waals surface area contributed by atoms with Crippen LogP contribution in [0.25, 0.3) is 11.5 Å². The normalized spacial score (nSPS) is 17.8. The maximum atomic E-state index is 13.4. The Morgan fingerprint density at radius 2 is 2.21 bits per heavy atom. The van der Waals surface area contributed by atoms with Crippen molar-refractivity contribution in [1.82, 2.24) is 20.3 Å². The zero-order valence-electron chi connectivity index (χ0n) is 15.7. The maximum absolute atomic E-state index is 13.4. The fourth-order valence-electron chi connectivity index (χ4n) is 3.62. The van der Waals surface area contributed by atoms with E-state index in [0.29, 0.717) is 17.9 Å². The topological polar surface area (TPSA) is 71.0 Å². The molecule has 0 saturated carbocycles. The number of fused-ring (bicyclic) bond motifs is 1. The number of halogens is 1. The molecular weight excluding hydrogens is 357 g/mol. The van der Waals surface area contributed by atoms with Crippen LogP contribution in [0.4, 0.5) is 10.2 Å². The Labute approximate surface area is 163 Å². The van der Waals surface area contributed by atoms with Gasteiger partial charge in [0.25, 0.3) is 0 Å². The molecule has 0 saturated heterocycles. The van der Waals surface area contributed by atoms with Crippen LogP contribution in [0.5, 0.6) is 0 Å². The number of hydrogen-bond acceptors (Lipinski definition) is 5. The van der Waals surface area contributed by atoms with Crippen LogP contribution in [0.2, 0.25) is 0 Å². The minimum Gasteiger partial charge on any atom is -0.350 e. The minimum atomic E-state index is -0.321. The highest BCUT2D eigenvalue weighted by Gasteiger charge is 2.24. The predicted octanol–water partition coefficient (Wildman–Crippen LogP) is 2.76. The number of aromatic nitrogens is 3. The van der Waals surface area contributed by atoms with Crippen LogP contribution < -0.4 is 10.2 Å². The van der Waals surface area contributed by atoms with Crippen LogP contribution in [0.1, 0.15) is 24.1 Å². The molecule has 0 aromatic carbocycles. The molecule has 28 heavy (non-hydrogen) atoms. The first kappa shape index (κ1) is 18.3. The molecule has 2 aromatic rings. The third-order valence-corrected chi connectivity index (χ3v) is 4.92. The molecule has 4 rings (SSSR count). The van der Waals surface area contributed by atoms with Crippen molar-refractivity contribution in [3.8, 4) is 11.5 Å². The number of pyridine rings is 1. The van der Waals surface area contributed by atoms with E-state index in [2.05, 4.69) is 15.3 Å². The number of allylic oxidation sites excluding steroid dienone is 2. The Bertz CT molecular complexity index is 941. The van der Waals surface area contributed by atoms with Gasteiger partial charge in [-0.25, -0.2) is 14.4 Å². The average molecular weight is 379 g/mol. The van der Waals surface area contributed by atoms with Crippen LogP contribution in [-0.2, 0) is 17.6 Å². The molecule has 1 unspecified atom stereocenters. The lowest BCUT2D eigenvalue weighted by Crippen LogP contribution is -2.41. The zero-order chi connectivity index (χ0) is 19.5. The summed E-state index contributed by atoms with van der Waals surface area (Å²) in [5.74, 6) is 0.851. The summed E-state index contributed by atoms with van der Waals surface area (Å²) in [6.45, 7) is 0.140. The molecule has 0 spiro atoms. The molecule has 0 radical (unpaired) electrons. The molecular formula is C21H22FN5O. The van der Waals surface area contributed by atoms with Crippen molar-refractivity contribution in [2.45, 2.75) is 31.7 Å². The summed E-state index contributed by atoms with van der Waals surface area (Å²) in [6.07, 6.45) is 9.71. The molecule has 0 aliphatic heterocycles. The SMILES string of the molecule is CN(CC(=O)NC1C=C(F)C=CC1)c1nc(-c2ccccn2)nc2c1CCC2. The average Bonchev–Trinajstić information content (AvgIpc) is 3.16. The first-order chi connectivity index (χ1) is 13.6. The second kappa shape index (κ2) is 7.88. The summed E-state index contributed by atoms with van der Waals surface area (Å²) < 4.78 is 13.4. The van der Waals surface area contributed by atoms with Crippen molar-refractivity contribution in [3.05, 3.63) is 59.7 Å². The number of hydrogen-bond donors (Lipinski definition) is 1. The van der Waals surface area contributed by atoms with E-state index in [1.54, 1.807) is 12.3 Å². The molecule has 0 bridgehead atoms. The zero-order valence-corrected chi connectivity index (χ0v) is 15.7. The van der Waals surface area contributed by atoms with Crippen molar-refractivity contribution in [1.29, 1.82) is 0 Å². The molecule has 0 fully saturated rings. The third-order valence-electron chi connectivity index (χ3n) is 4.92. The van der Waals surface area contributed by atoms with Gasteiger partial charge in [-0.2, -0.15) is 0 Å². The Balaban J connectivity index is 1.54. The number of nitrogens with one attached hydrogen (secondary N) is 1. The molecule has 2 aliphatic rings. The minimum absolute atomic E-state index is 0.140. The number of amides is 1. The summed E-state index contributed by atoms with van der Waals surface area (Å²) in [4.78, 5) is 28.1. The van der Waals surface area contributed by atoms with Gasteiger partial charge in [0.15, 0.2) is 5.82 Å². The first-order valence-electron chi connectivity index (χ1n) is 9.45. The Morgan fingerprint density at radius 3 is 3.00 bits per heavy atom. The molecule has 2 aliphatic carbocycles. The van der Waals surface area contributed by atoms with Crippen molar-refractivity contribution in [2.24, 2.45) is 0 Å². The van der Waals surface area contributed by atoms with Crippen LogP contribution >= 0.6 is 0 Å². The van der Waals surface area contributed by atoms with Gasteiger partial charge >= 0.3 is 0 Å². The summed E-state index contributed by atoms with van der Waals surface area (Å²) in [5, 5.41) is 2.86. The summed E-state index contributed by atoms with van der Waals surface area (Å²) in [5.41, 5.74) is 2.84. The second-order valence-corrected chi connectivity index (χ2v) is 7.08. The Hall–Kier alpha value is -3.09. The van der Waals surface area contributed by atoms with Crippen LogP contribution in [0.15, 0.2) is 48.5 Å². The predicted molar refractivity (Wildman–Crippen MR) is 105 cm³/mol. The van der Waals surface area contributed by atoms with Gasteiger partial charge in [0, 0.05) is 24.5 Å². The standard InChI is InChI=1S/C21H22FN5O/c1-27(13-19(28)24-15-7-4-6-14(22)12-15)21-16-8-5-10-17(16)25-20(26-21)18-9-2-3-11-23-18/h2-4,6,9,11-12,15H,5,7-8,10,13H2,1H3,(H,24,28). The van der Waals surface area contributed by atoms with Crippen molar-refractivity contribution >= 4 is 11.7 Å². The van der Waals surface area contributed by atoms with Crippen LogP contribution in [0, 0.1) is 0 Å². The largest absolute Gasteiger partial charge is 0.350 e. The number of carbonyl (C=O) groups is 1. The van der Waals surface area contributed by atoms with Gasteiger partial charge in [0.2, 0.25) is 5.91 Å². The smallest absolute Gasteiger partial charge is 0.240 e. The van der Waals surface area contributed by atoms with Gasteiger partial charge in [-0.1, -0.05) is 12.1 Å². The highest BCUT2D eigenvalue weighted by atomic mass is 19.1. The number of likely N-dealkylation sites (N-methyl/N-ethyl adjacent to an activating group) is 1. The fraction of sp³-hybridized carbons (Fsp3) is 0.333. The number of carbonyl (C=O) groups excluding carboxylic acids is 1. The van der Waals surface area contributed by atoms with E-state index in [1.807, 2.05) is 30.1 Å². The van der Waals surface area contributed by atoms with Gasteiger partial charge in [-0.3, -0.25) is 9.78 Å². The monoisotopic (exact) mass is 379 g/mol. The Morgan fingerprint density at radius 1 is 1.32 bits per heavy atom. The van der Waals surface area contributed by atoms with E-state index in [9.17, 15) is 9.18 Å². The molecule has 1 N–H and O–H groups in total. The second-order valence-electron chi connectivity index (χ2n) is 7.08. The van der Waals surface area contributed by atoms with E-state index in [1.165, 1.54) is 12.2 Å². The molecule has 7 heteroatoms. The lowest BCUT2D eigenvalue weighted by atomic mass is 10.1. The van der Waals surface area contributed by atoms with Gasteiger partial charge in [-0.15, -0.1) is 0 Å². The third kappa shape index (κ3) is 3.93. The number of nitrogens with zero attached hydrogens (tertiary/aromatic N) is 4. The van der Waals surface area contributed by atoms with Gasteiger partial charge in [0.1, 0.15) is 17.3 Å². The summed E-state index contributed by atoms with van der Waals surface area (Å²) in [6, 6.07) is 5.32. The molecule has 1 amide bonds. The Kier molecular flexibility index (Phi) is 5.14. The fourth-order valence-corrected chi connectivity index (χ4v) is 3.62. The van der Waals surface area contributed by atoms with Crippen molar-refractivity contribution < 1.29 is 9.18 Å². The first-order valence-corrected chi connectivity index (χ1v) is 9.45. The molecule has 1 atom stereocenters. The van der Waals surface area contributed by atoms with Gasteiger partial charge < -0.3 is 10.2 Å². The number of aryl methyl sites for hydroxylation is 1. The van der Waals surface area contributed by atoms with Crippen LogP contribution in [0.3, 0.4) is 0 Å². The maximum Gasteiger partial charge on any atom is 0.240 e. The lowest BCUT2D eigenvalue weighted by Gasteiger charge is -2.23. The molecule has 2 aromatic heterocycles. The highest BCUT2D eigenvalue weighted by molar-refractivity contribution is 5.82. The van der Waals surface area contributed by atoms with E-state index >= 15 is 0 Å². The molecule has 6 nitrogen and oxygen atoms in total. The molecule has 144 valence electrons. The van der Waals surface area contributed by atoms with Crippen molar-refractivity contribution in [3.63, 3.8) is 0 Å².